The summed E-state index contributed by atoms with van der Waals surface area (Å²) in [6.45, 7) is 1.71. The van der Waals surface area contributed by atoms with Gasteiger partial charge in [-0.1, -0.05) is 317 Å². The molecule has 0 aromatic heterocycles. The molecule has 0 bridgehead atoms. The van der Waals surface area contributed by atoms with Crippen LogP contribution in [0.3, 0.4) is 0 Å². The summed E-state index contributed by atoms with van der Waals surface area (Å²) in [4.78, 5) is 13.5. The number of allylic oxidation sites excluding steroid dienone is 14. The Morgan fingerprint density at radius 3 is 1.05 bits per heavy atom. The summed E-state index contributed by atoms with van der Waals surface area (Å²) in [7, 11) is 0. The van der Waals surface area contributed by atoms with Crippen molar-refractivity contribution in [2.24, 2.45) is 0 Å². The maximum absolute atomic E-state index is 13.5. The first-order valence-corrected chi connectivity index (χ1v) is 41.3. The van der Waals surface area contributed by atoms with Gasteiger partial charge in [0.1, 0.15) is 73.2 Å². The molecule has 17 unspecified atom stereocenters. The Morgan fingerprint density at radius 2 is 0.670 bits per heavy atom. The molecule has 0 aromatic carbocycles. The van der Waals surface area contributed by atoms with Crippen LogP contribution in [0.15, 0.2) is 85.1 Å². The molecule has 1 amide bonds. The third kappa shape index (κ3) is 43.7. The number of rotatable bonds is 65. The van der Waals surface area contributed by atoms with E-state index in [1.165, 1.54) is 161 Å². The standard InChI is InChI=1S/C84H149NO18/c1-3-5-7-9-11-13-15-17-19-21-23-25-27-29-31-33-35-37-39-41-43-45-47-49-51-53-55-57-59-61-68(89)67(85-72(90)62-60-58-56-54-52-50-48-46-44-42-40-38-36-34-32-30-28-26-24-22-20-18-16-14-12-10-8-6-4-2)66-98-82-78(96)75(93)80(70(64-87)100-82)103-84-79(97)76(94)81(71(65-88)101-84)102-83-77(95)74(92)73(91)69(63-86)99-83/h6,8,12,14,18,20,24,26,30,32,36,38,42,44,67-71,73-84,86-89,91-97H,3-5,7,9-11,13,15-17,19,21-23,25,27-29,31,33-35,37,39-41,43,45-66H2,1-2H3,(H,85,90)/b8-6-,14-12-,20-18-,26-24-,32-30-,38-36-,44-42-. The fourth-order valence-electron chi connectivity index (χ4n) is 13.7. The van der Waals surface area contributed by atoms with E-state index in [2.05, 4.69) is 104 Å². The molecule has 598 valence electrons. The molecular formula is C84H149NO18. The van der Waals surface area contributed by atoms with E-state index in [9.17, 15) is 61.0 Å². The van der Waals surface area contributed by atoms with Crippen molar-refractivity contribution < 1.29 is 89.4 Å². The van der Waals surface area contributed by atoms with Crippen LogP contribution in [0.4, 0.5) is 0 Å². The minimum absolute atomic E-state index is 0.249. The Labute approximate surface area is 622 Å². The van der Waals surface area contributed by atoms with Crippen molar-refractivity contribution in [2.45, 2.75) is 413 Å². The fraction of sp³-hybridized carbons (Fsp3) is 0.821. The number of unbranched alkanes of at least 4 members (excludes halogenated alkanes) is 35. The number of ether oxygens (including phenoxy) is 6. The Hall–Kier alpha value is -3.03. The predicted octanol–water partition coefficient (Wildman–Crippen LogP) is 14.2. The van der Waals surface area contributed by atoms with Crippen molar-refractivity contribution >= 4 is 5.91 Å². The molecule has 19 nitrogen and oxygen atoms in total. The number of hydrogen-bond donors (Lipinski definition) is 12. The molecule has 3 rings (SSSR count). The number of carbonyl (C=O) groups excluding carboxylic acids is 1. The number of carbonyl (C=O) groups is 1. The number of aliphatic hydroxyl groups is 11. The van der Waals surface area contributed by atoms with Crippen molar-refractivity contribution in [2.75, 3.05) is 26.4 Å². The topological polar surface area (TPSA) is 307 Å². The lowest BCUT2D eigenvalue weighted by atomic mass is 9.96. The number of nitrogens with one attached hydrogen (secondary N) is 1. The zero-order valence-electron chi connectivity index (χ0n) is 64.0. The molecule has 0 aromatic rings. The van der Waals surface area contributed by atoms with E-state index in [4.69, 9.17) is 28.4 Å². The first kappa shape index (κ1) is 94.2. The van der Waals surface area contributed by atoms with Crippen LogP contribution in [-0.4, -0.2) is 193 Å². The van der Waals surface area contributed by atoms with E-state index in [1.54, 1.807) is 0 Å². The van der Waals surface area contributed by atoms with Crippen LogP contribution >= 0.6 is 0 Å². The number of amides is 1. The van der Waals surface area contributed by atoms with Crippen LogP contribution in [0.25, 0.3) is 0 Å². The van der Waals surface area contributed by atoms with Gasteiger partial charge in [-0.2, -0.15) is 0 Å². The highest BCUT2D eigenvalue weighted by molar-refractivity contribution is 5.76. The SMILES string of the molecule is CC/C=C\C/C=C\C/C=C\C/C=C\C/C=C\C/C=C\C/C=C\CCCCCCCCCC(=O)NC(COC1OC(CO)C(OC2OC(CO)C(OC3OC(CO)C(O)C(O)C3O)C(O)C2O)C(O)C1O)C(O)CCCCCCCCCCCCCCCCCCCCCCCCCCCCCCC. The molecule has 12 N–H and O–H groups in total. The van der Waals surface area contributed by atoms with Gasteiger partial charge >= 0.3 is 0 Å². The van der Waals surface area contributed by atoms with Gasteiger partial charge in [-0.25, -0.2) is 0 Å². The highest BCUT2D eigenvalue weighted by Crippen LogP contribution is 2.33. The van der Waals surface area contributed by atoms with Gasteiger partial charge in [0.25, 0.3) is 0 Å². The van der Waals surface area contributed by atoms with E-state index in [0.29, 0.717) is 12.8 Å². The van der Waals surface area contributed by atoms with Crippen LogP contribution in [-0.2, 0) is 33.2 Å². The fourth-order valence-corrected chi connectivity index (χ4v) is 13.7. The second-order valence-corrected chi connectivity index (χ2v) is 29.2. The highest BCUT2D eigenvalue weighted by Gasteiger charge is 2.54. The van der Waals surface area contributed by atoms with Crippen molar-refractivity contribution in [1.29, 1.82) is 0 Å². The lowest BCUT2D eigenvalue weighted by Crippen LogP contribution is -2.66. The van der Waals surface area contributed by atoms with E-state index in [-0.39, 0.29) is 18.9 Å². The Balaban J connectivity index is 1.37. The lowest BCUT2D eigenvalue weighted by molar-refractivity contribution is -0.379. The molecule has 3 fully saturated rings. The molecule has 3 aliphatic heterocycles. The van der Waals surface area contributed by atoms with Gasteiger partial charge in [-0.05, 0) is 70.6 Å². The summed E-state index contributed by atoms with van der Waals surface area (Å²) < 4.78 is 34.5. The molecular weight excluding hydrogens is 1310 g/mol. The van der Waals surface area contributed by atoms with Gasteiger partial charge in [0, 0.05) is 6.42 Å². The molecule has 19 heteroatoms. The van der Waals surface area contributed by atoms with E-state index < -0.39 is 124 Å². The number of hydrogen-bond acceptors (Lipinski definition) is 18. The van der Waals surface area contributed by atoms with Crippen molar-refractivity contribution in [3.05, 3.63) is 85.1 Å². The summed E-state index contributed by atoms with van der Waals surface area (Å²) in [5.41, 5.74) is 0. The maximum Gasteiger partial charge on any atom is 0.220 e. The molecule has 0 saturated carbocycles. The average molecular weight is 1460 g/mol. The Bertz CT molecular complexity index is 2190. The average Bonchev–Trinajstić information content (AvgIpc) is 0.781. The lowest BCUT2D eigenvalue weighted by Gasteiger charge is -2.48. The third-order valence-electron chi connectivity index (χ3n) is 20.2. The molecule has 3 aliphatic rings. The largest absolute Gasteiger partial charge is 0.394 e. The smallest absolute Gasteiger partial charge is 0.220 e. The van der Waals surface area contributed by atoms with Gasteiger partial charge < -0.3 is 89.9 Å². The maximum atomic E-state index is 13.5. The van der Waals surface area contributed by atoms with Crippen LogP contribution in [0, 0.1) is 0 Å². The molecule has 3 saturated heterocycles. The molecule has 0 radical (unpaired) electrons. The zero-order valence-corrected chi connectivity index (χ0v) is 64.0. The molecule has 0 aliphatic carbocycles. The number of aliphatic hydroxyl groups excluding tert-OH is 11. The predicted molar refractivity (Wildman–Crippen MR) is 411 cm³/mol. The summed E-state index contributed by atoms with van der Waals surface area (Å²) in [6, 6.07) is -0.902. The van der Waals surface area contributed by atoms with Crippen LogP contribution < -0.4 is 5.32 Å². The second-order valence-electron chi connectivity index (χ2n) is 29.2. The monoisotopic (exact) mass is 1460 g/mol. The Kier molecular flexibility index (Phi) is 58.4. The van der Waals surface area contributed by atoms with Crippen LogP contribution in [0.1, 0.15) is 309 Å². The van der Waals surface area contributed by atoms with Gasteiger partial charge in [0.05, 0.1) is 38.6 Å². The summed E-state index contributed by atoms with van der Waals surface area (Å²) in [5.74, 6) is -0.254. The molecule has 3 heterocycles. The van der Waals surface area contributed by atoms with Gasteiger partial charge in [0.2, 0.25) is 5.91 Å². The minimum Gasteiger partial charge on any atom is -0.394 e. The van der Waals surface area contributed by atoms with Crippen molar-refractivity contribution in [3.8, 4) is 0 Å². The van der Waals surface area contributed by atoms with Crippen molar-refractivity contribution in [1.82, 2.24) is 5.32 Å². The minimum atomic E-state index is -1.98. The Morgan fingerprint density at radius 1 is 0.359 bits per heavy atom. The van der Waals surface area contributed by atoms with Crippen molar-refractivity contribution in [3.63, 3.8) is 0 Å². The zero-order chi connectivity index (χ0) is 74.6. The molecule has 103 heavy (non-hydrogen) atoms. The van der Waals surface area contributed by atoms with E-state index in [1.807, 2.05) is 0 Å². The highest BCUT2D eigenvalue weighted by atomic mass is 16.8. The van der Waals surface area contributed by atoms with Gasteiger partial charge in [-0.3, -0.25) is 4.79 Å². The summed E-state index contributed by atoms with van der Waals surface area (Å²) in [6.07, 6.45) is 58.1. The first-order chi connectivity index (χ1) is 50.3. The van der Waals surface area contributed by atoms with Crippen LogP contribution in [0.5, 0.6) is 0 Å². The summed E-state index contributed by atoms with van der Waals surface area (Å²) in [5, 5.41) is 121. The third-order valence-corrected chi connectivity index (χ3v) is 20.2. The van der Waals surface area contributed by atoms with Gasteiger partial charge in [0.15, 0.2) is 18.9 Å². The van der Waals surface area contributed by atoms with E-state index in [0.717, 1.165) is 116 Å². The quantitative estimate of drug-likeness (QED) is 0.0199. The summed E-state index contributed by atoms with van der Waals surface area (Å²) >= 11 is 0. The normalized spacial score (nSPS) is 26.5. The molecule has 17 atom stereocenters. The van der Waals surface area contributed by atoms with Gasteiger partial charge in [-0.15, -0.1) is 0 Å². The van der Waals surface area contributed by atoms with E-state index >= 15 is 0 Å². The molecule has 0 spiro atoms. The second kappa shape index (κ2) is 63.9. The van der Waals surface area contributed by atoms with Crippen LogP contribution in [0.2, 0.25) is 0 Å². The first-order valence-electron chi connectivity index (χ1n) is 41.3.